The number of ketones is 1. The zero-order valence-electron chi connectivity index (χ0n) is 14.5. The van der Waals surface area contributed by atoms with Gasteiger partial charge in [-0.2, -0.15) is 5.10 Å². The van der Waals surface area contributed by atoms with E-state index >= 15 is 0 Å². The molecule has 3 N–H and O–H groups in total. The molecule has 1 unspecified atom stereocenters. The molecule has 7 nitrogen and oxygen atoms in total. The van der Waals surface area contributed by atoms with Gasteiger partial charge >= 0.3 is 0 Å². The van der Waals surface area contributed by atoms with Crippen molar-refractivity contribution in [3.63, 3.8) is 0 Å². The van der Waals surface area contributed by atoms with Gasteiger partial charge in [0.2, 0.25) is 0 Å². The summed E-state index contributed by atoms with van der Waals surface area (Å²) < 4.78 is 3.64. The van der Waals surface area contributed by atoms with Crippen molar-refractivity contribution in [1.29, 1.82) is 5.41 Å². The van der Waals surface area contributed by atoms with Crippen LogP contribution in [0.1, 0.15) is 19.4 Å². The number of nitrogens with zero attached hydrogens (tertiary/aromatic N) is 4. The normalized spacial score (nSPS) is 19.4. The van der Waals surface area contributed by atoms with Crippen LogP contribution in [-0.2, 0) is 18.4 Å². The number of carbonyl (C=O) groups excluding carboxylic acids is 1. The zero-order chi connectivity index (χ0) is 18.1. The molecule has 25 heavy (non-hydrogen) atoms. The Morgan fingerprint density at radius 3 is 2.96 bits per heavy atom. The quantitative estimate of drug-likeness (QED) is 0.832. The Bertz CT molecular complexity index is 921. The number of pyridine rings is 1. The van der Waals surface area contributed by atoms with Crippen molar-refractivity contribution in [3.8, 4) is 0 Å². The summed E-state index contributed by atoms with van der Waals surface area (Å²) in [5, 5.41) is 12.4. The first-order valence-corrected chi connectivity index (χ1v) is 8.02. The van der Waals surface area contributed by atoms with E-state index in [1.54, 1.807) is 30.8 Å². The molecule has 1 aliphatic rings. The minimum atomic E-state index is -0.482. The smallest absolute Gasteiger partial charge is 0.173 e. The van der Waals surface area contributed by atoms with Gasteiger partial charge in [0.1, 0.15) is 18.6 Å². The van der Waals surface area contributed by atoms with Gasteiger partial charge in [-0.15, -0.1) is 0 Å². The van der Waals surface area contributed by atoms with E-state index in [4.69, 9.17) is 11.1 Å². The number of nitrogens with two attached hydrogens (primary N) is 1. The highest BCUT2D eigenvalue weighted by Gasteiger charge is 2.27. The third kappa shape index (κ3) is 3.26. The van der Waals surface area contributed by atoms with Crippen LogP contribution in [0.2, 0.25) is 0 Å². The fourth-order valence-corrected chi connectivity index (χ4v) is 2.78. The van der Waals surface area contributed by atoms with E-state index in [0.29, 0.717) is 29.3 Å². The molecule has 0 aromatic carbocycles. The molecule has 0 aliphatic heterocycles. The highest BCUT2D eigenvalue weighted by atomic mass is 16.1. The van der Waals surface area contributed by atoms with Crippen molar-refractivity contribution in [3.05, 3.63) is 47.9 Å². The molecule has 0 spiro atoms. The second-order valence-electron chi connectivity index (χ2n) is 6.27. The van der Waals surface area contributed by atoms with Crippen molar-refractivity contribution in [2.24, 2.45) is 18.0 Å². The molecule has 7 heteroatoms. The highest BCUT2D eigenvalue weighted by Crippen LogP contribution is 2.25. The van der Waals surface area contributed by atoms with Crippen LogP contribution in [-0.4, -0.2) is 27.0 Å². The standard InChI is InChI=1S/C18H20N6O/c1-11-7-14(16(19)12(2)17(11)25)22-15-8-21-24(18(15)20)10-13-5-4-6-23(3)9-13/h4-9,12H,10H2,1-3H3,(H2-,19,20,21,25)/p+1. The summed E-state index contributed by atoms with van der Waals surface area (Å²) in [6, 6.07) is 3.97. The number of nitrogens with one attached hydrogen (secondary N) is 1. The number of hydrogen-bond donors (Lipinski definition) is 2. The summed E-state index contributed by atoms with van der Waals surface area (Å²) in [5.74, 6) is -0.0867. The van der Waals surface area contributed by atoms with Crippen molar-refractivity contribution in [2.45, 2.75) is 20.4 Å². The van der Waals surface area contributed by atoms with Crippen LogP contribution < -0.4 is 10.3 Å². The Kier molecular flexibility index (Phi) is 4.31. The molecule has 0 amide bonds. The number of nitrogen functional groups attached to an aromatic ring is 1. The van der Waals surface area contributed by atoms with Gasteiger partial charge < -0.3 is 11.1 Å². The molecule has 0 saturated carbocycles. The summed E-state index contributed by atoms with van der Waals surface area (Å²) in [6.07, 6.45) is 7.18. The van der Waals surface area contributed by atoms with Crippen LogP contribution in [0.5, 0.6) is 0 Å². The fourth-order valence-electron chi connectivity index (χ4n) is 2.78. The molecule has 1 atom stereocenters. The van der Waals surface area contributed by atoms with Crippen LogP contribution in [0.3, 0.4) is 0 Å². The Morgan fingerprint density at radius 2 is 2.24 bits per heavy atom. The van der Waals surface area contributed by atoms with Gasteiger partial charge in [-0.3, -0.25) is 4.79 Å². The molecule has 2 aromatic rings. The first-order valence-electron chi connectivity index (χ1n) is 8.02. The molecule has 128 valence electrons. The number of Topliss-reactive ketones (excluding diaryl/α,β-unsaturated/α-hetero) is 1. The van der Waals surface area contributed by atoms with E-state index in [1.807, 2.05) is 36.1 Å². The maximum absolute atomic E-state index is 11.9. The second kappa shape index (κ2) is 6.43. The van der Waals surface area contributed by atoms with Crippen molar-refractivity contribution < 1.29 is 9.36 Å². The van der Waals surface area contributed by atoms with Crippen LogP contribution in [0.25, 0.3) is 0 Å². The van der Waals surface area contributed by atoms with E-state index in [1.165, 1.54) is 0 Å². The van der Waals surface area contributed by atoms with Gasteiger partial charge in [0, 0.05) is 11.6 Å². The van der Waals surface area contributed by atoms with Crippen LogP contribution in [0, 0.1) is 11.3 Å². The number of aryl methyl sites for hydroxylation is 1. The van der Waals surface area contributed by atoms with Crippen molar-refractivity contribution >= 4 is 28.7 Å². The number of anilines is 1. The average molecular weight is 337 g/mol. The second-order valence-corrected chi connectivity index (χ2v) is 6.27. The number of carbonyl (C=O) groups is 1. The monoisotopic (exact) mass is 337 g/mol. The molecule has 2 heterocycles. The number of allylic oxidation sites excluding steroid dienone is 2. The summed E-state index contributed by atoms with van der Waals surface area (Å²) >= 11 is 0. The minimum absolute atomic E-state index is 0.0374. The Balaban J connectivity index is 1.91. The van der Waals surface area contributed by atoms with E-state index in [-0.39, 0.29) is 11.5 Å². The summed E-state index contributed by atoms with van der Waals surface area (Å²) in [4.78, 5) is 16.4. The molecule has 1 aliphatic carbocycles. The average Bonchev–Trinajstić information content (AvgIpc) is 2.91. The van der Waals surface area contributed by atoms with Crippen LogP contribution in [0.4, 0.5) is 11.5 Å². The summed E-state index contributed by atoms with van der Waals surface area (Å²) in [5.41, 5.74) is 9.02. The largest absolute Gasteiger partial charge is 0.382 e. The highest BCUT2D eigenvalue weighted by molar-refractivity contribution is 6.52. The third-order valence-electron chi connectivity index (χ3n) is 4.28. The van der Waals surface area contributed by atoms with E-state index in [0.717, 1.165) is 5.56 Å². The Labute approximate surface area is 146 Å². The maximum atomic E-state index is 11.9. The van der Waals surface area contributed by atoms with Gasteiger partial charge in [-0.25, -0.2) is 14.2 Å². The Hall–Kier alpha value is -3.09. The van der Waals surface area contributed by atoms with Gasteiger partial charge in [0.15, 0.2) is 18.2 Å². The lowest BCUT2D eigenvalue weighted by Gasteiger charge is -2.18. The lowest BCUT2D eigenvalue weighted by molar-refractivity contribution is -0.671. The predicted molar refractivity (Wildman–Crippen MR) is 96.1 cm³/mol. The van der Waals surface area contributed by atoms with Crippen LogP contribution in [0.15, 0.2) is 47.4 Å². The number of aliphatic imine (C=N–C) groups is 1. The van der Waals surface area contributed by atoms with Crippen LogP contribution >= 0.6 is 0 Å². The lowest BCUT2D eigenvalue weighted by atomic mass is 9.86. The molecular weight excluding hydrogens is 316 g/mol. The lowest BCUT2D eigenvalue weighted by Crippen LogP contribution is -2.31. The SMILES string of the molecule is CC1=CC(=Nc2cnn(Cc3ccc[n+](C)c3)c2N)C(=N)C(C)C1=O. The minimum Gasteiger partial charge on any atom is -0.382 e. The summed E-state index contributed by atoms with van der Waals surface area (Å²) in [6.45, 7) is 3.99. The van der Waals surface area contributed by atoms with Crippen molar-refractivity contribution in [2.75, 3.05) is 5.73 Å². The van der Waals surface area contributed by atoms with E-state index in [2.05, 4.69) is 10.1 Å². The summed E-state index contributed by atoms with van der Waals surface area (Å²) in [7, 11) is 1.96. The van der Waals surface area contributed by atoms with E-state index < -0.39 is 5.92 Å². The first-order chi connectivity index (χ1) is 11.9. The first kappa shape index (κ1) is 16.8. The van der Waals surface area contributed by atoms with Gasteiger partial charge in [0.05, 0.1) is 30.1 Å². The topological polar surface area (TPSA) is 101 Å². The molecule has 2 aromatic heterocycles. The fraction of sp³-hybridized carbons (Fsp3) is 0.278. The molecule has 0 saturated heterocycles. The van der Waals surface area contributed by atoms with Gasteiger partial charge in [-0.05, 0) is 31.6 Å². The molecular formula is C18H21N6O+. The molecule has 0 radical (unpaired) electrons. The molecule has 0 fully saturated rings. The number of rotatable bonds is 3. The van der Waals surface area contributed by atoms with Gasteiger partial charge in [-0.1, -0.05) is 0 Å². The molecule has 3 rings (SSSR count). The molecule has 0 bridgehead atoms. The maximum Gasteiger partial charge on any atom is 0.173 e. The number of aromatic nitrogens is 3. The number of hydrogen-bond acceptors (Lipinski definition) is 5. The third-order valence-corrected chi connectivity index (χ3v) is 4.28. The Morgan fingerprint density at radius 1 is 1.48 bits per heavy atom. The van der Waals surface area contributed by atoms with E-state index in [9.17, 15) is 4.79 Å². The van der Waals surface area contributed by atoms with Crippen molar-refractivity contribution in [1.82, 2.24) is 9.78 Å². The predicted octanol–water partition coefficient (Wildman–Crippen LogP) is 1.60. The van der Waals surface area contributed by atoms with Gasteiger partial charge in [0.25, 0.3) is 0 Å². The zero-order valence-corrected chi connectivity index (χ0v) is 14.5.